The van der Waals surface area contributed by atoms with E-state index in [0.717, 1.165) is 42.0 Å². The molecule has 4 rings (SSSR count). The molecular formula is C30H32F2N4O5S. The molecule has 0 saturated heterocycles. The van der Waals surface area contributed by atoms with Gasteiger partial charge in [0.2, 0.25) is 0 Å². The van der Waals surface area contributed by atoms with E-state index in [-0.39, 0.29) is 29.1 Å². The number of nitrogens with zero attached hydrogens (tertiary/aromatic N) is 1. The number of aryl methyl sites for hydroxylation is 2. The molecule has 12 heteroatoms. The summed E-state index contributed by atoms with van der Waals surface area (Å²) in [6, 6.07) is 15.6. The monoisotopic (exact) mass is 598 g/mol. The lowest BCUT2D eigenvalue weighted by atomic mass is 10.00. The second-order valence-electron chi connectivity index (χ2n) is 9.89. The van der Waals surface area contributed by atoms with Crippen LogP contribution in [0.4, 0.5) is 14.8 Å². The molecule has 0 bridgehead atoms. The molecule has 222 valence electrons. The first-order chi connectivity index (χ1) is 20.0. The zero-order valence-corrected chi connectivity index (χ0v) is 23.9. The molecule has 0 fully saturated rings. The van der Waals surface area contributed by atoms with Crippen LogP contribution in [-0.2, 0) is 29.4 Å². The molecule has 0 saturated carbocycles. The van der Waals surface area contributed by atoms with Gasteiger partial charge in [-0.3, -0.25) is 4.79 Å². The molecular weight excluding hydrogens is 566 g/mol. The van der Waals surface area contributed by atoms with E-state index in [1.165, 1.54) is 17.7 Å². The smallest absolute Gasteiger partial charge is 0.309 e. The summed E-state index contributed by atoms with van der Waals surface area (Å²) in [7, 11) is -4.02. The molecule has 1 aromatic heterocycles. The van der Waals surface area contributed by atoms with Crippen molar-refractivity contribution in [3.05, 3.63) is 113 Å². The Kier molecular flexibility index (Phi) is 10.0. The van der Waals surface area contributed by atoms with Gasteiger partial charge in [0, 0.05) is 19.2 Å². The van der Waals surface area contributed by atoms with Crippen LogP contribution in [0.3, 0.4) is 0 Å². The second kappa shape index (κ2) is 13.7. The van der Waals surface area contributed by atoms with Crippen molar-refractivity contribution in [1.29, 1.82) is 0 Å². The minimum absolute atomic E-state index is 0.0169. The Morgan fingerprint density at radius 3 is 2.38 bits per heavy atom. The Bertz CT molecular complexity index is 1610. The summed E-state index contributed by atoms with van der Waals surface area (Å²) in [5.41, 5.74) is 3.02. The average Bonchev–Trinajstić information content (AvgIpc) is 3.40. The number of benzene rings is 3. The summed E-state index contributed by atoms with van der Waals surface area (Å²) in [6.45, 7) is 4.38. The number of sulfonamides is 1. The number of oxazole rings is 1. The fourth-order valence-corrected chi connectivity index (χ4v) is 5.23. The van der Waals surface area contributed by atoms with E-state index >= 15 is 0 Å². The molecule has 2 atom stereocenters. The lowest BCUT2D eigenvalue weighted by Crippen LogP contribution is -2.48. The summed E-state index contributed by atoms with van der Waals surface area (Å²) >= 11 is 0. The SMILES string of the molecule is CCc1cccc(CNC[C@@H](O)[C@H](Cc2cc(F)cc(F)c2)NC(=O)c2coc(NS(=O)(=O)c3ccc(C)cc3)n2)c1. The number of amides is 1. The number of carbonyl (C=O) groups is 1. The van der Waals surface area contributed by atoms with Gasteiger partial charge in [-0.15, -0.1) is 0 Å². The van der Waals surface area contributed by atoms with E-state index in [9.17, 15) is 27.1 Å². The van der Waals surface area contributed by atoms with Crippen LogP contribution in [0.2, 0.25) is 0 Å². The van der Waals surface area contributed by atoms with Gasteiger partial charge in [-0.25, -0.2) is 21.9 Å². The fourth-order valence-electron chi connectivity index (χ4n) is 4.29. The highest BCUT2D eigenvalue weighted by Gasteiger charge is 2.25. The number of hydrogen-bond acceptors (Lipinski definition) is 7. The summed E-state index contributed by atoms with van der Waals surface area (Å²) < 4.78 is 60.3. The third-order valence-electron chi connectivity index (χ3n) is 6.53. The first kappa shape index (κ1) is 30.8. The molecule has 1 heterocycles. The maximum absolute atomic E-state index is 13.9. The van der Waals surface area contributed by atoms with Gasteiger partial charge >= 0.3 is 6.01 Å². The van der Waals surface area contributed by atoms with Crippen molar-refractivity contribution in [2.45, 2.75) is 50.3 Å². The minimum Gasteiger partial charge on any atom is -0.431 e. The Morgan fingerprint density at radius 2 is 1.69 bits per heavy atom. The highest BCUT2D eigenvalue weighted by molar-refractivity contribution is 7.92. The maximum Gasteiger partial charge on any atom is 0.309 e. The Balaban J connectivity index is 1.45. The summed E-state index contributed by atoms with van der Waals surface area (Å²) in [5.74, 6) is -2.36. The molecule has 0 aliphatic rings. The van der Waals surface area contributed by atoms with Crippen LogP contribution in [0, 0.1) is 18.6 Å². The van der Waals surface area contributed by atoms with Gasteiger partial charge in [0.25, 0.3) is 15.9 Å². The second-order valence-corrected chi connectivity index (χ2v) is 11.6. The van der Waals surface area contributed by atoms with Crippen molar-refractivity contribution < 1.29 is 31.5 Å². The predicted molar refractivity (Wildman–Crippen MR) is 153 cm³/mol. The first-order valence-corrected chi connectivity index (χ1v) is 14.8. The van der Waals surface area contributed by atoms with Gasteiger partial charge in [0.1, 0.15) is 17.9 Å². The summed E-state index contributed by atoms with van der Waals surface area (Å²) in [6.07, 6.45) is 0.582. The Labute approximate surface area is 243 Å². The fraction of sp³-hybridized carbons (Fsp3) is 0.267. The number of nitrogens with one attached hydrogen (secondary N) is 3. The van der Waals surface area contributed by atoms with Gasteiger partial charge < -0.3 is 20.2 Å². The normalized spacial score (nSPS) is 13.0. The van der Waals surface area contributed by atoms with E-state index in [0.29, 0.717) is 6.54 Å². The van der Waals surface area contributed by atoms with Gasteiger partial charge in [0.05, 0.1) is 17.0 Å². The van der Waals surface area contributed by atoms with Gasteiger partial charge in [0.15, 0.2) is 5.69 Å². The lowest BCUT2D eigenvalue weighted by Gasteiger charge is -2.24. The average molecular weight is 599 g/mol. The van der Waals surface area contributed by atoms with Gasteiger partial charge in [-0.1, -0.05) is 48.9 Å². The third kappa shape index (κ3) is 8.44. The number of rotatable bonds is 13. The largest absolute Gasteiger partial charge is 0.431 e. The number of aliphatic hydroxyl groups is 1. The summed E-state index contributed by atoms with van der Waals surface area (Å²) in [5, 5.41) is 16.8. The minimum atomic E-state index is -4.02. The zero-order valence-electron chi connectivity index (χ0n) is 23.1. The van der Waals surface area contributed by atoms with Crippen LogP contribution in [0.1, 0.15) is 39.7 Å². The number of anilines is 1. The predicted octanol–water partition coefficient (Wildman–Crippen LogP) is 4.12. The topological polar surface area (TPSA) is 134 Å². The van der Waals surface area contributed by atoms with E-state index in [1.807, 2.05) is 31.2 Å². The number of aromatic nitrogens is 1. The lowest BCUT2D eigenvalue weighted by molar-refractivity contribution is 0.0825. The molecule has 0 spiro atoms. The van der Waals surface area contributed by atoms with Crippen LogP contribution in [0.25, 0.3) is 0 Å². The molecule has 4 aromatic rings. The van der Waals surface area contributed by atoms with Crippen LogP contribution < -0.4 is 15.4 Å². The summed E-state index contributed by atoms with van der Waals surface area (Å²) in [4.78, 5) is 16.9. The van der Waals surface area contributed by atoms with E-state index in [4.69, 9.17) is 4.42 Å². The standard InChI is InChI=1S/C30H32F2N4O5S/c1-3-20-5-4-6-21(11-20)16-33-17-28(37)26(14-22-12-23(31)15-24(32)13-22)34-29(38)27-18-41-30(35-27)36-42(39,40)25-9-7-19(2)8-10-25/h4-13,15,18,26,28,33,37H,3,14,16-17H2,1-2H3,(H,34,38)(H,35,36)/t26-,28+/m0/s1. The number of hydrogen-bond donors (Lipinski definition) is 4. The number of carbonyl (C=O) groups excluding carboxylic acids is 1. The molecule has 0 aliphatic carbocycles. The van der Waals surface area contributed by atoms with Crippen molar-refractivity contribution in [2.24, 2.45) is 0 Å². The first-order valence-electron chi connectivity index (χ1n) is 13.3. The Hall–Kier alpha value is -4.13. The molecule has 1 amide bonds. The van der Waals surface area contributed by atoms with Crippen molar-refractivity contribution in [2.75, 3.05) is 11.3 Å². The highest BCUT2D eigenvalue weighted by Crippen LogP contribution is 2.17. The highest BCUT2D eigenvalue weighted by atomic mass is 32.2. The number of halogens is 2. The van der Waals surface area contributed by atoms with Crippen molar-refractivity contribution >= 4 is 21.9 Å². The quantitative estimate of drug-likeness (QED) is 0.182. The van der Waals surface area contributed by atoms with Crippen LogP contribution in [-0.4, -0.2) is 43.1 Å². The zero-order chi connectivity index (χ0) is 30.3. The number of aliphatic hydroxyl groups excluding tert-OH is 1. The molecule has 0 aliphatic heterocycles. The van der Waals surface area contributed by atoms with Crippen molar-refractivity contribution in [1.82, 2.24) is 15.6 Å². The molecule has 4 N–H and O–H groups in total. The molecule has 9 nitrogen and oxygen atoms in total. The van der Waals surface area contributed by atoms with Crippen molar-refractivity contribution in [3.63, 3.8) is 0 Å². The van der Waals surface area contributed by atoms with Crippen LogP contribution in [0.15, 0.2) is 82.3 Å². The van der Waals surface area contributed by atoms with Crippen LogP contribution in [0.5, 0.6) is 0 Å². The van der Waals surface area contributed by atoms with E-state index in [1.54, 1.807) is 12.1 Å². The molecule has 42 heavy (non-hydrogen) atoms. The third-order valence-corrected chi connectivity index (χ3v) is 7.87. The molecule has 0 unspecified atom stereocenters. The molecule has 3 aromatic carbocycles. The van der Waals surface area contributed by atoms with Crippen LogP contribution >= 0.6 is 0 Å². The van der Waals surface area contributed by atoms with E-state index < -0.39 is 45.7 Å². The molecule has 0 radical (unpaired) electrons. The Morgan fingerprint density at radius 1 is 1.00 bits per heavy atom. The van der Waals surface area contributed by atoms with Crippen molar-refractivity contribution in [3.8, 4) is 0 Å². The van der Waals surface area contributed by atoms with Gasteiger partial charge in [-0.05, 0) is 60.7 Å². The maximum atomic E-state index is 13.9. The van der Waals surface area contributed by atoms with E-state index in [2.05, 4.69) is 27.3 Å². The van der Waals surface area contributed by atoms with Gasteiger partial charge in [-0.2, -0.15) is 4.98 Å².